The summed E-state index contributed by atoms with van der Waals surface area (Å²) in [6, 6.07) is 14.1. The number of nitrogens with one attached hydrogen (secondary N) is 1. The Balaban J connectivity index is 1.69. The predicted molar refractivity (Wildman–Crippen MR) is 116 cm³/mol. The van der Waals surface area contributed by atoms with Crippen LogP contribution in [0.25, 0.3) is 10.9 Å². The van der Waals surface area contributed by atoms with Gasteiger partial charge in [-0.25, -0.2) is 0 Å². The molecule has 3 aromatic rings. The molecule has 2 atom stereocenters. The highest BCUT2D eigenvalue weighted by atomic mass is 16.5. The van der Waals surface area contributed by atoms with Gasteiger partial charge in [-0.05, 0) is 35.7 Å². The Morgan fingerprint density at radius 1 is 1.17 bits per heavy atom. The van der Waals surface area contributed by atoms with Crippen LogP contribution in [0.1, 0.15) is 22.9 Å². The van der Waals surface area contributed by atoms with Gasteiger partial charge in [-0.15, -0.1) is 6.58 Å². The van der Waals surface area contributed by atoms with Crippen molar-refractivity contribution in [3.63, 3.8) is 0 Å². The van der Waals surface area contributed by atoms with Crippen molar-refractivity contribution in [3.05, 3.63) is 71.9 Å². The number of amides is 1. The number of carbonyl (C=O) groups is 1. The largest absolute Gasteiger partial charge is 0.493 e. The number of benzene rings is 2. The third-order valence-corrected chi connectivity index (χ3v) is 6.25. The van der Waals surface area contributed by atoms with E-state index in [1.807, 2.05) is 23.1 Å². The molecule has 3 heterocycles. The van der Waals surface area contributed by atoms with Crippen LogP contribution in [-0.4, -0.2) is 54.2 Å². The topological polar surface area (TPSA) is 57.8 Å². The summed E-state index contributed by atoms with van der Waals surface area (Å²) in [6.45, 7) is 4.94. The number of rotatable bonds is 5. The number of methoxy groups -OCH3 is 2. The molecule has 0 spiro atoms. The average Bonchev–Trinajstić information content (AvgIpc) is 3.29. The van der Waals surface area contributed by atoms with Crippen molar-refractivity contribution >= 4 is 16.8 Å². The first kappa shape index (κ1) is 18.8. The lowest BCUT2D eigenvalue weighted by Crippen LogP contribution is -2.42. The number of nitrogens with zero attached hydrogens (tertiary/aromatic N) is 2. The van der Waals surface area contributed by atoms with Gasteiger partial charge in [0.1, 0.15) is 0 Å². The maximum atomic E-state index is 13.2. The quantitative estimate of drug-likeness (QED) is 0.663. The number of para-hydroxylation sites is 1. The van der Waals surface area contributed by atoms with Crippen molar-refractivity contribution < 1.29 is 14.3 Å². The van der Waals surface area contributed by atoms with E-state index in [9.17, 15) is 4.79 Å². The molecule has 30 heavy (non-hydrogen) atoms. The van der Waals surface area contributed by atoms with Gasteiger partial charge < -0.3 is 19.4 Å². The van der Waals surface area contributed by atoms with Gasteiger partial charge in [0.2, 0.25) is 5.91 Å². The summed E-state index contributed by atoms with van der Waals surface area (Å²) in [4.78, 5) is 21.0. The van der Waals surface area contributed by atoms with E-state index in [1.165, 1.54) is 10.9 Å². The molecular formula is C24H25N3O3. The monoisotopic (exact) mass is 403 g/mol. The molecule has 0 saturated carbocycles. The van der Waals surface area contributed by atoms with Crippen molar-refractivity contribution in [3.8, 4) is 11.5 Å². The van der Waals surface area contributed by atoms with Crippen LogP contribution in [0.3, 0.4) is 0 Å². The second-order valence-electron chi connectivity index (χ2n) is 7.80. The Bertz CT molecular complexity index is 1140. The fourth-order valence-corrected chi connectivity index (χ4v) is 4.90. The molecule has 154 valence electrons. The number of aromatic nitrogens is 1. The first-order chi connectivity index (χ1) is 14.7. The SMILES string of the molecule is C=CCN1CN2[C@@H](c3ccc(OC)c(OC)c3)c3[nH]c4ccccc4c3C[C@H]2C1=O. The van der Waals surface area contributed by atoms with Crippen molar-refractivity contribution in [2.75, 3.05) is 27.4 Å². The molecule has 6 nitrogen and oxygen atoms in total. The summed E-state index contributed by atoms with van der Waals surface area (Å²) in [5.74, 6) is 1.54. The van der Waals surface area contributed by atoms with Crippen LogP contribution < -0.4 is 9.47 Å². The van der Waals surface area contributed by atoms with E-state index >= 15 is 0 Å². The van der Waals surface area contributed by atoms with Crippen LogP contribution in [-0.2, 0) is 11.2 Å². The van der Waals surface area contributed by atoms with E-state index < -0.39 is 0 Å². The maximum absolute atomic E-state index is 13.2. The molecule has 5 rings (SSSR count). The minimum atomic E-state index is -0.185. The van der Waals surface area contributed by atoms with E-state index in [0.29, 0.717) is 31.1 Å². The highest BCUT2D eigenvalue weighted by Crippen LogP contribution is 2.44. The van der Waals surface area contributed by atoms with Crippen LogP contribution in [0.2, 0.25) is 0 Å². The molecule has 2 aliphatic rings. The number of H-pyrrole nitrogens is 1. The molecule has 0 radical (unpaired) electrons. The van der Waals surface area contributed by atoms with E-state index in [1.54, 1.807) is 20.3 Å². The molecule has 0 bridgehead atoms. The zero-order valence-corrected chi connectivity index (χ0v) is 17.2. The van der Waals surface area contributed by atoms with Crippen molar-refractivity contribution in [1.82, 2.24) is 14.8 Å². The van der Waals surface area contributed by atoms with Crippen molar-refractivity contribution in [1.29, 1.82) is 0 Å². The first-order valence-corrected chi connectivity index (χ1v) is 10.1. The van der Waals surface area contributed by atoms with Gasteiger partial charge in [-0.3, -0.25) is 9.69 Å². The Hall–Kier alpha value is -3.25. The Labute approximate surface area is 175 Å². The second-order valence-corrected chi connectivity index (χ2v) is 7.80. The van der Waals surface area contributed by atoms with Gasteiger partial charge in [0.15, 0.2) is 11.5 Å². The van der Waals surface area contributed by atoms with E-state index in [0.717, 1.165) is 16.8 Å². The third kappa shape index (κ3) is 2.71. The van der Waals surface area contributed by atoms with Crippen LogP contribution in [0.5, 0.6) is 11.5 Å². The van der Waals surface area contributed by atoms with Gasteiger partial charge >= 0.3 is 0 Å². The summed E-state index contributed by atoms with van der Waals surface area (Å²) in [6.07, 6.45) is 2.49. The third-order valence-electron chi connectivity index (χ3n) is 6.25. The molecular weight excluding hydrogens is 378 g/mol. The molecule has 2 aliphatic heterocycles. The normalized spacial score (nSPS) is 20.9. The summed E-state index contributed by atoms with van der Waals surface area (Å²) >= 11 is 0. The smallest absolute Gasteiger partial charge is 0.241 e. The van der Waals surface area contributed by atoms with E-state index in [-0.39, 0.29) is 18.0 Å². The standard InChI is InChI=1S/C24H25N3O3/c1-4-11-26-14-27-19(24(26)28)13-17-16-7-5-6-8-18(16)25-22(17)23(27)15-9-10-20(29-2)21(12-15)30-3/h4-10,12,19,23,25H,1,11,13-14H2,2-3H3/t19-,23-/m0/s1. The summed E-state index contributed by atoms with van der Waals surface area (Å²) in [5, 5.41) is 1.19. The minimum absolute atomic E-state index is 0.0790. The zero-order chi connectivity index (χ0) is 20.8. The summed E-state index contributed by atoms with van der Waals surface area (Å²) < 4.78 is 11.0. The Morgan fingerprint density at radius 2 is 1.97 bits per heavy atom. The lowest BCUT2D eigenvalue weighted by Gasteiger charge is -2.36. The minimum Gasteiger partial charge on any atom is -0.493 e. The molecule has 1 saturated heterocycles. The molecule has 0 unspecified atom stereocenters. The highest BCUT2D eigenvalue weighted by molar-refractivity contribution is 5.89. The predicted octanol–water partition coefficient (Wildman–Crippen LogP) is 3.49. The first-order valence-electron chi connectivity index (χ1n) is 10.1. The van der Waals surface area contributed by atoms with Gasteiger partial charge in [0.05, 0.1) is 33.0 Å². The van der Waals surface area contributed by atoms with Gasteiger partial charge in [0, 0.05) is 23.1 Å². The van der Waals surface area contributed by atoms with Gasteiger partial charge in [0.25, 0.3) is 0 Å². The van der Waals surface area contributed by atoms with Crippen LogP contribution in [0.4, 0.5) is 0 Å². The van der Waals surface area contributed by atoms with Crippen LogP contribution in [0.15, 0.2) is 55.1 Å². The van der Waals surface area contributed by atoms with Gasteiger partial charge in [-0.1, -0.05) is 30.3 Å². The summed E-state index contributed by atoms with van der Waals surface area (Å²) in [5.41, 5.74) is 4.54. The molecule has 1 fully saturated rings. The fraction of sp³-hybridized carbons (Fsp3) is 0.292. The lowest BCUT2D eigenvalue weighted by molar-refractivity contribution is -0.129. The van der Waals surface area contributed by atoms with E-state index in [4.69, 9.17) is 9.47 Å². The number of hydrogen-bond donors (Lipinski definition) is 1. The Kier molecular flexibility index (Phi) is 4.51. The summed E-state index contributed by atoms with van der Waals surface area (Å²) in [7, 11) is 3.28. The zero-order valence-electron chi connectivity index (χ0n) is 17.2. The molecule has 6 heteroatoms. The maximum Gasteiger partial charge on any atom is 0.241 e. The Morgan fingerprint density at radius 3 is 2.73 bits per heavy atom. The number of hydrogen-bond acceptors (Lipinski definition) is 4. The molecule has 2 aromatic carbocycles. The molecule has 1 N–H and O–H groups in total. The van der Waals surface area contributed by atoms with Crippen molar-refractivity contribution in [2.45, 2.75) is 18.5 Å². The molecule has 1 aromatic heterocycles. The molecule has 1 amide bonds. The highest BCUT2D eigenvalue weighted by Gasteiger charge is 2.47. The number of aromatic amines is 1. The lowest BCUT2D eigenvalue weighted by atomic mass is 9.89. The van der Waals surface area contributed by atoms with Crippen molar-refractivity contribution in [2.24, 2.45) is 0 Å². The number of carbonyl (C=O) groups excluding carboxylic acids is 1. The molecule has 0 aliphatic carbocycles. The fourth-order valence-electron chi connectivity index (χ4n) is 4.90. The van der Waals surface area contributed by atoms with Gasteiger partial charge in [-0.2, -0.15) is 0 Å². The number of fused-ring (bicyclic) bond motifs is 4. The number of ether oxygens (including phenoxy) is 2. The van der Waals surface area contributed by atoms with E-state index in [2.05, 4.69) is 40.7 Å². The second kappa shape index (κ2) is 7.22. The van der Waals surface area contributed by atoms with Crippen LogP contribution >= 0.6 is 0 Å². The average molecular weight is 403 g/mol. The van der Waals surface area contributed by atoms with Crippen LogP contribution in [0, 0.1) is 0 Å².